The Morgan fingerprint density at radius 1 is 1.36 bits per heavy atom. The minimum atomic E-state index is 0.109. The van der Waals surface area contributed by atoms with E-state index in [2.05, 4.69) is 32.0 Å². The van der Waals surface area contributed by atoms with Gasteiger partial charge < -0.3 is 5.11 Å². The van der Waals surface area contributed by atoms with Gasteiger partial charge in [-0.1, -0.05) is 44.2 Å². The quantitative estimate of drug-likeness (QED) is 0.776. The van der Waals surface area contributed by atoms with Crippen LogP contribution in [-0.4, -0.2) is 11.7 Å². The molecule has 0 heterocycles. The monoisotopic (exact) mass is 190 g/mol. The van der Waals surface area contributed by atoms with Crippen LogP contribution in [0.2, 0.25) is 0 Å². The molecule has 0 saturated heterocycles. The number of aliphatic hydroxyl groups excluding tert-OH is 1. The van der Waals surface area contributed by atoms with Crippen LogP contribution in [0.4, 0.5) is 0 Å². The van der Waals surface area contributed by atoms with Gasteiger partial charge >= 0.3 is 0 Å². The van der Waals surface area contributed by atoms with Gasteiger partial charge in [-0.05, 0) is 29.5 Å². The molecule has 1 N–H and O–H groups in total. The number of benzene rings is 1. The number of aliphatic hydroxyl groups is 1. The van der Waals surface area contributed by atoms with Crippen LogP contribution in [0.1, 0.15) is 37.8 Å². The van der Waals surface area contributed by atoms with E-state index in [1.807, 2.05) is 19.1 Å². The molecule has 0 radical (unpaired) electrons. The molecule has 1 aromatic carbocycles. The number of hydrogen-bond acceptors (Lipinski definition) is 1. The van der Waals surface area contributed by atoms with E-state index in [1.54, 1.807) is 0 Å². The van der Waals surface area contributed by atoms with E-state index in [4.69, 9.17) is 5.11 Å². The van der Waals surface area contributed by atoms with Crippen LogP contribution in [0.15, 0.2) is 30.3 Å². The molecule has 0 atom stereocenters. The Kier molecular flexibility index (Phi) is 3.90. The number of hydrogen-bond donors (Lipinski definition) is 1. The fraction of sp³-hybridized carbons (Fsp3) is 0.385. The third kappa shape index (κ3) is 2.46. The Bertz CT molecular complexity index is 324. The average molecular weight is 190 g/mol. The first-order valence-corrected chi connectivity index (χ1v) is 5.03. The van der Waals surface area contributed by atoms with Gasteiger partial charge in [0.15, 0.2) is 0 Å². The molecule has 1 nitrogen and oxygen atoms in total. The lowest BCUT2D eigenvalue weighted by Gasteiger charge is -2.12. The smallest absolute Gasteiger partial charge is 0.0618 e. The second-order valence-electron chi connectivity index (χ2n) is 3.81. The van der Waals surface area contributed by atoms with Gasteiger partial charge in [-0.3, -0.25) is 0 Å². The van der Waals surface area contributed by atoms with Gasteiger partial charge in [0.05, 0.1) is 6.61 Å². The van der Waals surface area contributed by atoms with Crippen LogP contribution in [0.3, 0.4) is 0 Å². The van der Waals surface area contributed by atoms with Crippen molar-refractivity contribution in [3.8, 4) is 0 Å². The van der Waals surface area contributed by atoms with Gasteiger partial charge in [-0.25, -0.2) is 0 Å². The Balaban J connectivity index is 3.13. The topological polar surface area (TPSA) is 20.2 Å². The van der Waals surface area contributed by atoms with E-state index < -0.39 is 0 Å². The lowest BCUT2D eigenvalue weighted by Crippen LogP contribution is -1.94. The van der Waals surface area contributed by atoms with E-state index in [0.717, 1.165) is 5.57 Å². The molecule has 76 valence electrons. The SMILES string of the molecule is C/C(=C\CO)c1ccccc1C(C)C. The zero-order valence-electron chi connectivity index (χ0n) is 9.12. The minimum Gasteiger partial charge on any atom is -0.392 e. The highest BCUT2D eigenvalue weighted by molar-refractivity contribution is 5.67. The van der Waals surface area contributed by atoms with Gasteiger partial charge in [-0.2, -0.15) is 0 Å². The Morgan fingerprint density at radius 3 is 2.57 bits per heavy atom. The molecule has 1 rings (SSSR count). The Morgan fingerprint density at radius 2 is 2.00 bits per heavy atom. The van der Waals surface area contributed by atoms with Gasteiger partial charge in [0, 0.05) is 0 Å². The summed E-state index contributed by atoms with van der Waals surface area (Å²) in [6.07, 6.45) is 1.85. The maximum absolute atomic E-state index is 8.85. The molecule has 0 aliphatic carbocycles. The summed E-state index contributed by atoms with van der Waals surface area (Å²) in [7, 11) is 0. The lowest BCUT2D eigenvalue weighted by atomic mass is 9.93. The van der Waals surface area contributed by atoms with Crippen molar-refractivity contribution in [3.05, 3.63) is 41.5 Å². The highest BCUT2D eigenvalue weighted by atomic mass is 16.2. The van der Waals surface area contributed by atoms with Gasteiger partial charge in [0.2, 0.25) is 0 Å². The molecule has 14 heavy (non-hydrogen) atoms. The van der Waals surface area contributed by atoms with E-state index >= 15 is 0 Å². The van der Waals surface area contributed by atoms with Crippen LogP contribution in [-0.2, 0) is 0 Å². The average Bonchev–Trinajstić information content (AvgIpc) is 2.18. The van der Waals surface area contributed by atoms with Crippen molar-refractivity contribution in [1.29, 1.82) is 0 Å². The number of rotatable bonds is 3. The summed E-state index contributed by atoms with van der Waals surface area (Å²) in [5.41, 5.74) is 3.74. The fourth-order valence-corrected chi connectivity index (χ4v) is 1.61. The molecule has 1 heteroatoms. The number of allylic oxidation sites excluding steroid dienone is 1. The second kappa shape index (κ2) is 4.97. The Hall–Kier alpha value is -1.08. The molecule has 0 bridgehead atoms. The van der Waals surface area contributed by atoms with E-state index in [-0.39, 0.29) is 6.61 Å². The molecule has 0 aromatic heterocycles. The summed E-state index contributed by atoms with van der Waals surface area (Å²) in [5, 5.41) is 8.85. The third-order valence-corrected chi connectivity index (χ3v) is 2.41. The van der Waals surface area contributed by atoms with Crippen LogP contribution < -0.4 is 0 Å². The highest BCUT2D eigenvalue weighted by Gasteiger charge is 2.06. The van der Waals surface area contributed by atoms with Crippen molar-refractivity contribution in [2.75, 3.05) is 6.61 Å². The van der Waals surface area contributed by atoms with Crippen molar-refractivity contribution in [2.24, 2.45) is 0 Å². The highest BCUT2D eigenvalue weighted by Crippen LogP contribution is 2.24. The molecule has 0 aliphatic heterocycles. The first kappa shape index (κ1) is 11.0. The normalized spacial score (nSPS) is 12.2. The second-order valence-corrected chi connectivity index (χ2v) is 3.81. The van der Waals surface area contributed by atoms with Crippen molar-refractivity contribution in [1.82, 2.24) is 0 Å². The van der Waals surface area contributed by atoms with Gasteiger partial charge in [0.1, 0.15) is 0 Å². The summed E-state index contributed by atoms with van der Waals surface area (Å²) in [6.45, 7) is 6.52. The maximum atomic E-state index is 8.85. The summed E-state index contributed by atoms with van der Waals surface area (Å²) < 4.78 is 0. The van der Waals surface area contributed by atoms with Crippen LogP contribution in [0, 0.1) is 0 Å². The zero-order valence-corrected chi connectivity index (χ0v) is 9.12. The Labute approximate surface area is 86.1 Å². The zero-order chi connectivity index (χ0) is 10.6. The van der Waals surface area contributed by atoms with Crippen molar-refractivity contribution < 1.29 is 5.11 Å². The molecule has 0 aliphatic rings. The first-order valence-electron chi connectivity index (χ1n) is 5.03. The van der Waals surface area contributed by atoms with Crippen molar-refractivity contribution >= 4 is 5.57 Å². The lowest BCUT2D eigenvalue weighted by molar-refractivity contribution is 0.343. The summed E-state index contributed by atoms with van der Waals surface area (Å²) in [6, 6.07) is 8.35. The van der Waals surface area contributed by atoms with Gasteiger partial charge in [0.25, 0.3) is 0 Å². The van der Waals surface area contributed by atoms with Crippen LogP contribution >= 0.6 is 0 Å². The third-order valence-electron chi connectivity index (χ3n) is 2.41. The van der Waals surface area contributed by atoms with E-state index in [1.165, 1.54) is 11.1 Å². The van der Waals surface area contributed by atoms with Crippen LogP contribution in [0.5, 0.6) is 0 Å². The van der Waals surface area contributed by atoms with E-state index in [9.17, 15) is 0 Å². The molecular formula is C13H18O. The molecule has 1 aromatic rings. The maximum Gasteiger partial charge on any atom is 0.0618 e. The van der Waals surface area contributed by atoms with Crippen molar-refractivity contribution in [2.45, 2.75) is 26.7 Å². The summed E-state index contributed by atoms with van der Waals surface area (Å²) >= 11 is 0. The molecular weight excluding hydrogens is 172 g/mol. The molecule has 0 fully saturated rings. The molecule has 0 saturated carbocycles. The molecule has 0 spiro atoms. The predicted molar refractivity (Wildman–Crippen MR) is 61.3 cm³/mol. The van der Waals surface area contributed by atoms with E-state index in [0.29, 0.717) is 5.92 Å². The van der Waals surface area contributed by atoms with Crippen molar-refractivity contribution in [3.63, 3.8) is 0 Å². The molecule has 0 amide bonds. The molecule has 0 unspecified atom stereocenters. The largest absolute Gasteiger partial charge is 0.392 e. The summed E-state index contributed by atoms with van der Waals surface area (Å²) in [4.78, 5) is 0. The summed E-state index contributed by atoms with van der Waals surface area (Å²) in [5.74, 6) is 0.522. The van der Waals surface area contributed by atoms with Crippen LogP contribution in [0.25, 0.3) is 5.57 Å². The fourth-order valence-electron chi connectivity index (χ4n) is 1.61. The first-order chi connectivity index (χ1) is 6.66. The standard InChI is InChI=1S/C13H18O/c1-10(2)12-6-4-5-7-13(12)11(3)8-9-14/h4-8,10,14H,9H2,1-3H3/b11-8+. The van der Waals surface area contributed by atoms with Gasteiger partial charge in [-0.15, -0.1) is 0 Å². The minimum absolute atomic E-state index is 0.109. The predicted octanol–water partition coefficient (Wildman–Crippen LogP) is 3.21.